The van der Waals surface area contributed by atoms with Crippen LogP contribution in [0, 0.1) is 11.3 Å². The van der Waals surface area contributed by atoms with Gasteiger partial charge in [0.2, 0.25) is 0 Å². The van der Waals surface area contributed by atoms with Crippen LogP contribution in [0.25, 0.3) is 0 Å². The molecule has 1 unspecified atom stereocenters. The molecule has 2 aliphatic heterocycles. The lowest BCUT2D eigenvalue weighted by Crippen LogP contribution is -2.55. The van der Waals surface area contributed by atoms with Crippen LogP contribution in [0.1, 0.15) is 32.1 Å². The van der Waals surface area contributed by atoms with Gasteiger partial charge in [-0.25, -0.2) is 4.79 Å². The van der Waals surface area contributed by atoms with Crippen molar-refractivity contribution < 1.29 is 19.4 Å². The largest absolute Gasteiger partial charge is 0.481 e. The number of aliphatic carboxylic acids is 1. The summed E-state index contributed by atoms with van der Waals surface area (Å²) >= 11 is 0. The molecule has 3 aliphatic rings. The second kappa shape index (κ2) is 5.83. The number of amides is 2. The second-order valence-corrected chi connectivity index (χ2v) is 6.64. The molecule has 21 heavy (non-hydrogen) atoms. The molecule has 0 spiro atoms. The Morgan fingerprint density at radius 1 is 1.14 bits per heavy atom. The minimum absolute atomic E-state index is 0.0144. The van der Waals surface area contributed by atoms with Gasteiger partial charge in [-0.3, -0.25) is 4.79 Å². The predicted molar refractivity (Wildman–Crippen MR) is 76.0 cm³/mol. The smallest absolute Gasteiger partial charge is 0.320 e. The summed E-state index contributed by atoms with van der Waals surface area (Å²) in [5.41, 5.74) is -0.721. The van der Waals surface area contributed by atoms with Crippen LogP contribution in [0.5, 0.6) is 0 Å². The third-order valence-electron chi connectivity index (χ3n) is 4.96. The summed E-state index contributed by atoms with van der Waals surface area (Å²) < 4.78 is 5.27. The van der Waals surface area contributed by atoms with Gasteiger partial charge in [-0.2, -0.15) is 0 Å². The summed E-state index contributed by atoms with van der Waals surface area (Å²) in [4.78, 5) is 27.9. The van der Waals surface area contributed by atoms with Gasteiger partial charge < -0.3 is 19.6 Å². The number of urea groups is 1. The number of morpholine rings is 1. The normalized spacial score (nSPS) is 30.3. The third kappa shape index (κ3) is 3.15. The Morgan fingerprint density at radius 3 is 2.48 bits per heavy atom. The van der Waals surface area contributed by atoms with E-state index in [2.05, 4.69) is 0 Å². The maximum atomic E-state index is 12.6. The Bertz CT molecular complexity index is 418. The van der Waals surface area contributed by atoms with Crippen LogP contribution in [0.3, 0.4) is 0 Å². The summed E-state index contributed by atoms with van der Waals surface area (Å²) in [6.07, 6.45) is 4.51. The fraction of sp³-hybridized carbons (Fsp3) is 0.867. The van der Waals surface area contributed by atoms with E-state index in [9.17, 15) is 14.7 Å². The van der Waals surface area contributed by atoms with E-state index in [0.29, 0.717) is 51.7 Å². The van der Waals surface area contributed by atoms with Crippen molar-refractivity contribution >= 4 is 12.0 Å². The first kappa shape index (κ1) is 14.6. The fourth-order valence-corrected chi connectivity index (χ4v) is 3.55. The molecule has 2 amide bonds. The zero-order valence-corrected chi connectivity index (χ0v) is 12.4. The van der Waals surface area contributed by atoms with Gasteiger partial charge in [0.25, 0.3) is 0 Å². The highest BCUT2D eigenvalue weighted by Gasteiger charge is 2.47. The van der Waals surface area contributed by atoms with E-state index in [4.69, 9.17) is 4.74 Å². The molecule has 3 rings (SSSR count). The molecule has 118 valence electrons. The number of ether oxygens (including phenoxy) is 1. The first-order valence-corrected chi connectivity index (χ1v) is 7.96. The van der Waals surface area contributed by atoms with Crippen LogP contribution in [0.2, 0.25) is 0 Å². The van der Waals surface area contributed by atoms with Crippen molar-refractivity contribution in [2.45, 2.75) is 32.1 Å². The Balaban J connectivity index is 1.68. The average Bonchev–Trinajstić information content (AvgIpc) is 3.31. The average molecular weight is 296 g/mol. The number of carbonyl (C=O) groups excluding carboxylic acids is 1. The van der Waals surface area contributed by atoms with Crippen molar-refractivity contribution in [1.82, 2.24) is 9.80 Å². The number of carboxylic acid groups (broad SMARTS) is 1. The van der Waals surface area contributed by atoms with E-state index in [-0.39, 0.29) is 6.03 Å². The Hall–Kier alpha value is -1.30. The number of carboxylic acids is 1. The number of rotatable bonds is 3. The fourth-order valence-electron chi connectivity index (χ4n) is 3.55. The SMILES string of the molecule is O=C(N1CCOCC1)N1CCCC(CC2CC2)(C(=O)O)C1. The molecule has 2 heterocycles. The van der Waals surface area contributed by atoms with E-state index < -0.39 is 11.4 Å². The van der Waals surface area contributed by atoms with Crippen LogP contribution in [0.15, 0.2) is 0 Å². The summed E-state index contributed by atoms with van der Waals surface area (Å²) in [7, 11) is 0. The molecule has 1 atom stereocenters. The molecule has 1 saturated carbocycles. The van der Waals surface area contributed by atoms with Crippen LogP contribution in [-0.2, 0) is 9.53 Å². The van der Waals surface area contributed by atoms with E-state index in [1.807, 2.05) is 0 Å². The Labute approximate surface area is 125 Å². The molecule has 3 fully saturated rings. The number of piperidine rings is 1. The van der Waals surface area contributed by atoms with E-state index in [1.165, 1.54) is 0 Å². The van der Waals surface area contributed by atoms with Gasteiger partial charge in [0.1, 0.15) is 0 Å². The topological polar surface area (TPSA) is 70.1 Å². The minimum atomic E-state index is -0.728. The highest BCUT2D eigenvalue weighted by molar-refractivity contribution is 5.79. The van der Waals surface area contributed by atoms with Gasteiger partial charge in [0.15, 0.2) is 0 Å². The van der Waals surface area contributed by atoms with Gasteiger partial charge in [0, 0.05) is 26.2 Å². The van der Waals surface area contributed by atoms with Crippen LogP contribution in [0.4, 0.5) is 4.79 Å². The van der Waals surface area contributed by atoms with Gasteiger partial charge >= 0.3 is 12.0 Å². The van der Waals surface area contributed by atoms with E-state index >= 15 is 0 Å². The molecule has 0 bridgehead atoms. The first-order chi connectivity index (χ1) is 10.1. The zero-order valence-electron chi connectivity index (χ0n) is 12.4. The summed E-state index contributed by atoms with van der Waals surface area (Å²) in [5, 5.41) is 9.70. The van der Waals surface area contributed by atoms with Gasteiger partial charge in [-0.1, -0.05) is 12.8 Å². The molecule has 1 N–H and O–H groups in total. The molecule has 6 heteroatoms. The monoisotopic (exact) mass is 296 g/mol. The van der Waals surface area contributed by atoms with E-state index in [0.717, 1.165) is 25.7 Å². The molecular formula is C15H24N2O4. The minimum Gasteiger partial charge on any atom is -0.481 e. The standard InChI is InChI=1S/C15H24N2O4/c18-13(19)15(10-12-2-3-12)4-1-5-17(11-15)14(20)16-6-8-21-9-7-16/h12H,1-11H2,(H,18,19). The number of likely N-dealkylation sites (tertiary alicyclic amines) is 1. The van der Waals surface area contributed by atoms with Crippen molar-refractivity contribution in [2.24, 2.45) is 11.3 Å². The lowest BCUT2D eigenvalue weighted by molar-refractivity contribution is -0.152. The molecule has 0 aromatic heterocycles. The van der Waals surface area contributed by atoms with Crippen LogP contribution >= 0.6 is 0 Å². The van der Waals surface area contributed by atoms with Gasteiger partial charge in [-0.05, 0) is 25.2 Å². The van der Waals surface area contributed by atoms with Crippen LogP contribution < -0.4 is 0 Å². The summed E-state index contributed by atoms with van der Waals surface area (Å²) in [5.74, 6) is -0.173. The molecule has 0 aromatic carbocycles. The van der Waals surface area contributed by atoms with Crippen molar-refractivity contribution in [3.63, 3.8) is 0 Å². The summed E-state index contributed by atoms with van der Waals surface area (Å²) in [6.45, 7) is 3.42. The molecule has 0 radical (unpaired) electrons. The number of carbonyl (C=O) groups is 2. The Kier molecular flexibility index (Phi) is 4.06. The highest BCUT2D eigenvalue weighted by Crippen LogP contribution is 2.45. The molecule has 6 nitrogen and oxygen atoms in total. The molecule has 0 aromatic rings. The molecular weight excluding hydrogens is 272 g/mol. The second-order valence-electron chi connectivity index (χ2n) is 6.64. The maximum Gasteiger partial charge on any atom is 0.320 e. The lowest BCUT2D eigenvalue weighted by atomic mass is 9.75. The van der Waals surface area contributed by atoms with Crippen molar-refractivity contribution in [3.05, 3.63) is 0 Å². The predicted octanol–water partition coefficient (Wildman–Crippen LogP) is 1.41. The lowest BCUT2D eigenvalue weighted by Gasteiger charge is -2.42. The van der Waals surface area contributed by atoms with Crippen molar-refractivity contribution in [3.8, 4) is 0 Å². The zero-order chi connectivity index (χ0) is 14.9. The number of hydrogen-bond acceptors (Lipinski definition) is 3. The number of nitrogens with zero attached hydrogens (tertiary/aromatic N) is 2. The van der Waals surface area contributed by atoms with Crippen molar-refractivity contribution in [2.75, 3.05) is 39.4 Å². The highest BCUT2D eigenvalue weighted by atomic mass is 16.5. The van der Waals surface area contributed by atoms with E-state index in [1.54, 1.807) is 9.80 Å². The Morgan fingerprint density at radius 2 is 1.86 bits per heavy atom. The molecule has 2 saturated heterocycles. The van der Waals surface area contributed by atoms with Crippen LogP contribution in [-0.4, -0.2) is 66.3 Å². The number of hydrogen-bond donors (Lipinski definition) is 1. The van der Waals surface area contributed by atoms with Gasteiger partial charge in [-0.15, -0.1) is 0 Å². The quantitative estimate of drug-likeness (QED) is 0.855. The summed E-state index contributed by atoms with van der Waals surface area (Å²) in [6, 6.07) is -0.0144. The maximum absolute atomic E-state index is 12.6. The van der Waals surface area contributed by atoms with Crippen molar-refractivity contribution in [1.29, 1.82) is 0 Å². The first-order valence-electron chi connectivity index (χ1n) is 7.96. The molecule has 1 aliphatic carbocycles. The third-order valence-corrected chi connectivity index (χ3v) is 4.96. The van der Waals surface area contributed by atoms with Gasteiger partial charge in [0.05, 0.1) is 18.6 Å².